The minimum absolute atomic E-state index is 0.125. The Balaban J connectivity index is 1.67. The molecule has 0 fully saturated rings. The third-order valence-electron chi connectivity index (χ3n) is 4.60. The molecular formula is C21H20N4O3S. The van der Waals surface area contributed by atoms with Gasteiger partial charge in [-0.05, 0) is 31.0 Å². The van der Waals surface area contributed by atoms with Gasteiger partial charge >= 0.3 is 5.69 Å². The highest BCUT2D eigenvalue weighted by molar-refractivity contribution is 7.18. The van der Waals surface area contributed by atoms with E-state index in [1.165, 1.54) is 21.5 Å². The fourth-order valence-corrected chi connectivity index (χ4v) is 4.00. The molecule has 3 aromatic heterocycles. The van der Waals surface area contributed by atoms with Crippen molar-refractivity contribution in [3.63, 3.8) is 0 Å². The summed E-state index contributed by atoms with van der Waals surface area (Å²) in [4.78, 5) is 34.6. The van der Waals surface area contributed by atoms with Gasteiger partial charge in [-0.2, -0.15) is 4.98 Å². The molecule has 0 saturated heterocycles. The zero-order valence-electron chi connectivity index (χ0n) is 16.1. The summed E-state index contributed by atoms with van der Waals surface area (Å²) in [7, 11) is 0. The van der Waals surface area contributed by atoms with Gasteiger partial charge < -0.3 is 9.73 Å². The lowest BCUT2D eigenvalue weighted by Gasteiger charge is -2.09. The van der Waals surface area contributed by atoms with E-state index in [4.69, 9.17) is 4.42 Å². The summed E-state index contributed by atoms with van der Waals surface area (Å²) in [5, 5.41) is 3.56. The SMILES string of the molecule is CCc1ccc(-c2nc(=O)n(CC(=O)NCc3ccco3)c3sc(C)nc23)cc1. The predicted octanol–water partition coefficient (Wildman–Crippen LogP) is 3.30. The first-order valence-corrected chi connectivity index (χ1v) is 10.1. The second-order valence-electron chi connectivity index (χ2n) is 6.62. The number of hydrogen-bond acceptors (Lipinski definition) is 6. The lowest BCUT2D eigenvalue weighted by atomic mass is 10.1. The normalized spacial score (nSPS) is 11.1. The number of amides is 1. The second kappa shape index (κ2) is 8.00. The van der Waals surface area contributed by atoms with Crippen LogP contribution in [0.2, 0.25) is 0 Å². The summed E-state index contributed by atoms with van der Waals surface area (Å²) >= 11 is 1.38. The van der Waals surface area contributed by atoms with E-state index in [0.717, 1.165) is 17.0 Å². The van der Waals surface area contributed by atoms with Gasteiger partial charge in [-0.15, -0.1) is 11.3 Å². The van der Waals surface area contributed by atoms with E-state index in [2.05, 4.69) is 22.2 Å². The van der Waals surface area contributed by atoms with E-state index in [9.17, 15) is 9.59 Å². The third kappa shape index (κ3) is 3.97. The number of hydrogen-bond donors (Lipinski definition) is 1. The minimum Gasteiger partial charge on any atom is -0.467 e. The van der Waals surface area contributed by atoms with Crippen LogP contribution < -0.4 is 11.0 Å². The molecule has 8 heteroatoms. The van der Waals surface area contributed by atoms with Crippen LogP contribution in [0.25, 0.3) is 21.6 Å². The molecule has 0 atom stereocenters. The molecule has 0 aliphatic rings. The maximum absolute atomic E-state index is 12.8. The van der Waals surface area contributed by atoms with Crippen LogP contribution in [0.5, 0.6) is 0 Å². The van der Waals surface area contributed by atoms with Gasteiger partial charge in [-0.25, -0.2) is 9.78 Å². The quantitative estimate of drug-likeness (QED) is 0.529. The molecule has 148 valence electrons. The summed E-state index contributed by atoms with van der Waals surface area (Å²) in [5.74, 6) is 0.353. The molecular weight excluding hydrogens is 388 g/mol. The van der Waals surface area contributed by atoms with Crippen molar-refractivity contribution in [1.82, 2.24) is 19.9 Å². The maximum Gasteiger partial charge on any atom is 0.349 e. The van der Waals surface area contributed by atoms with Crippen molar-refractivity contribution in [1.29, 1.82) is 0 Å². The Hall–Kier alpha value is -3.26. The Labute approximate surface area is 171 Å². The van der Waals surface area contributed by atoms with Crippen LogP contribution in [0, 0.1) is 6.92 Å². The number of rotatable bonds is 6. The van der Waals surface area contributed by atoms with Crippen molar-refractivity contribution in [3.05, 3.63) is 69.5 Å². The molecule has 0 unspecified atom stereocenters. The molecule has 0 aliphatic heterocycles. The smallest absolute Gasteiger partial charge is 0.349 e. The van der Waals surface area contributed by atoms with E-state index >= 15 is 0 Å². The van der Waals surface area contributed by atoms with Gasteiger partial charge in [0.25, 0.3) is 0 Å². The number of fused-ring (bicyclic) bond motifs is 1. The molecule has 7 nitrogen and oxygen atoms in total. The van der Waals surface area contributed by atoms with E-state index in [1.54, 1.807) is 18.4 Å². The van der Waals surface area contributed by atoms with Gasteiger partial charge in [0.05, 0.1) is 17.8 Å². The Bertz CT molecular complexity index is 1210. The van der Waals surface area contributed by atoms with Crippen LogP contribution in [-0.4, -0.2) is 20.4 Å². The zero-order valence-corrected chi connectivity index (χ0v) is 17.0. The average molecular weight is 408 g/mol. The van der Waals surface area contributed by atoms with Crippen molar-refractivity contribution in [2.24, 2.45) is 0 Å². The van der Waals surface area contributed by atoms with Gasteiger partial charge in [-0.3, -0.25) is 9.36 Å². The zero-order chi connectivity index (χ0) is 20.4. The van der Waals surface area contributed by atoms with E-state index in [1.807, 2.05) is 31.2 Å². The Morgan fingerprint density at radius 2 is 2.00 bits per heavy atom. The molecule has 4 rings (SSSR count). The van der Waals surface area contributed by atoms with Crippen LogP contribution in [0.3, 0.4) is 0 Å². The molecule has 1 N–H and O–H groups in total. The molecule has 0 bridgehead atoms. The van der Waals surface area contributed by atoms with Crippen molar-refractivity contribution in [2.45, 2.75) is 33.4 Å². The number of benzene rings is 1. The van der Waals surface area contributed by atoms with E-state index in [-0.39, 0.29) is 19.0 Å². The first kappa shape index (κ1) is 19.1. The lowest BCUT2D eigenvalue weighted by Crippen LogP contribution is -2.33. The van der Waals surface area contributed by atoms with Gasteiger partial charge in [0.1, 0.15) is 28.3 Å². The molecule has 0 saturated carbocycles. The molecule has 3 heterocycles. The largest absolute Gasteiger partial charge is 0.467 e. The van der Waals surface area contributed by atoms with Crippen molar-refractivity contribution >= 4 is 27.6 Å². The van der Waals surface area contributed by atoms with Gasteiger partial charge in [0, 0.05) is 5.56 Å². The summed E-state index contributed by atoms with van der Waals surface area (Å²) < 4.78 is 6.59. The van der Waals surface area contributed by atoms with Gasteiger partial charge in [0.15, 0.2) is 0 Å². The van der Waals surface area contributed by atoms with E-state index in [0.29, 0.717) is 21.8 Å². The van der Waals surface area contributed by atoms with Crippen LogP contribution in [0.15, 0.2) is 51.9 Å². The molecule has 0 radical (unpaired) electrons. The number of thiazole rings is 1. The molecule has 29 heavy (non-hydrogen) atoms. The van der Waals surface area contributed by atoms with Gasteiger partial charge in [-0.1, -0.05) is 31.2 Å². The molecule has 0 spiro atoms. The number of nitrogens with one attached hydrogen (secondary N) is 1. The minimum atomic E-state index is -0.469. The van der Waals surface area contributed by atoms with Crippen molar-refractivity contribution in [3.8, 4) is 11.3 Å². The summed E-state index contributed by atoms with van der Waals surface area (Å²) in [6, 6.07) is 11.5. The lowest BCUT2D eigenvalue weighted by molar-refractivity contribution is -0.121. The number of aromatic nitrogens is 3. The van der Waals surface area contributed by atoms with Crippen LogP contribution >= 0.6 is 11.3 Å². The summed E-state index contributed by atoms with van der Waals surface area (Å²) in [5.41, 5.74) is 2.76. The highest BCUT2D eigenvalue weighted by atomic mass is 32.1. The van der Waals surface area contributed by atoms with Crippen LogP contribution in [0.1, 0.15) is 23.3 Å². The summed E-state index contributed by atoms with van der Waals surface area (Å²) in [6.07, 6.45) is 2.49. The molecule has 0 aliphatic carbocycles. The second-order valence-corrected chi connectivity index (χ2v) is 7.80. The highest BCUT2D eigenvalue weighted by Gasteiger charge is 2.18. The van der Waals surface area contributed by atoms with Crippen molar-refractivity contribution in [2.75, 3.05) is 0 Å². The molecule has 4 aromatic rings. The average Bonchev–Trinajstić information content (AvgIpc) is 3.38. The number of nitrogens with zero attached hydrogens (tertiary/aromatic N) is 3. The fourth-order valence-electron chi connectivity index (χ4n) is 3.09. The fraction of sp³-hybridized carbons (Fsp3) is 0.238. The van der Waals surface area contributed by atoms with E-state index < -0.39 is 5.69 Å². The monoisotopic (exact) mass is 408 g/mol. The summed E-state index contributed by atoms with van der Waals surface area (Å²) in [6.45, 7) is 4.11. The molecule has 1 amide bonds. The van der Waals surface area contributed by atoms with Crippen LogP contribution in [0.4, 0.5) is 0 Å². The Kier molecular flexibility index (Phi) is 5.26. The third-order valence-corrected chi connectivity index (χ3v) is 5.60. The standard InChI is InChI=1S/C21H20N4O3S/c1-3-14-6-8-15(9-7-14)18-19-20(29-13(2)23-19)25(21(27)24-18)12-17(26)22-11-16-5-4-10-28-16/h4-10H,3,11-12H2,1-2H3,(H,22,26). The first-order valence-electron chi connectivity index (χ1n) is 9.31. The topological polar surface area (TPSA) is 90.0 Å². The Morgan fingerprint density at radius 3 is 2.69 bits per heavy atom. The highest BCUT2D eigenvalue weighted by Crippen LogP contribution is 2.28. The first-order chi connectivity index (χ1) is 14.0. The Morgan fingerprint density at radius 1 is 1.21 bits per heavy atom. The number of carbonyl (C=O) groups excluding carboxylic acids is 1. The van der Waals surface area contributed by atoms with Crippen molar-refractivity contribution < 1.29 is 9.21 Å². The number of carbonyl (C=O) groups is 1. The predicted molar refractivity (Wildman–Crippen MR) is 112 cm³/mol. The molecule has 1 aromatic carbocycles. The van der Waals surface area contributed by atoms with Crippen LogP contribution in [-0.2, 0) is 24.3 Å². The maximum atomic E-state index is 12.8. The van der Waals surface area contributed by atoms with Gasteiger partial charge in [0.2, 0.25) is 5.91 Å². The number of furan rings is 1. The number of aryl methyl sites for hydroxylation is 2.